The van der Waals surface area contributed by atoms with Gasteiger partial charge in [-0.15, -0.1) is 23.1 Å². The number of ketones is 1. The van der Waals surface area contributed by atoms with Crippen molar-refractivity contribution in [2.75, 3.05) is 6.26 Å². The number of carbonyl (C=O) groups excluding carboxylic acids is 1. The van der Waals surface area contributed by atoms with E-state index in [0.717, 1.165) is 21.2 Å². The van der Waals surface area contributed by atoms with Crippen molar-refractivity contribution in [2.45, 2.75) is 11.4 Å². The Morgan fingerprint density at radius 1 is 1.29 bits per heavy atom. The normalized spacial score (nSPS) is 10.7. The highest BCUT2D eigenvalue weighted by Crippen LogP contribution is 2.23. The van der Waals surface area contributed by atoms with Gasteiger partial charge in [-0.05, 0) is 29.8 Å². The molecule has 0 atom stereocenters. The predicted octanol–water partition coefficient (Wildman–Crippen LogP) is 4.22. The molecule has 0 saturated carbocycles. The van der Waals surface area contributed by atoms with Gasteiger partial charge in [-0.2, -0.15) is 0 Å². The molecule has 0 spiro atoms. The minimum absolute atomic E-state index is 0.0958. The maximum atomic E-state index is 12.4. The summed E-state index contributed by atoms with van der Waals surface area (Å²) < 4.78 is 1.90. The molecule has 0 aliphatic carbocycles. The van der Waals surface area contributed by atoms with Crippen molar-refractivity contribution >= 4 is 28.9 Å². The van der Waals surface area contributed by atoms with Gasteiger partial charge in [-0.3, -0.25) is 4.79 Å². The van der Waals surface area contributed by atoms with Gasteiger partial charge in [0.2, 0.25) is 0 Å². The molecule has 0 unspecified atom stereocenters. The van der Waals surface area contributed by atoms with E-state index in [1.165, 1.54) is 0 Å². The summed E-state index contributed by atoms with van der Waals surface area (Å²) in [6, 6.07) is 11.7. The van der Waals surface area contributed by atoms with Gasteiger partial charge in [-0.1, -0.05) is 18.2 Å². The Morgan fingerprint density at radius 2 is 2.10 bits per heavy atom. The average molecular weight is 314 g/mol. The zero-order valence-electron chi connectivity index (χ0n) is 11.5. The first kappa shape index (κ1) is 14.1. The molecule has 5 heteroatoms. The molecule has 2 heterocycles. The van der Waals surface area contributed by atoms with Crippen molar-refractivity contribution < 1.29 is 4.79 Å². The lowest BCUT2D eigenvalue weighted by Gasteiger charge is -2.06. The van der Waals surface area contributed by atoms with Crippen LogP contribution in [0.25, 0.3) is 10.7 Å². The lowest BCUT2D eigenvalue weighted by Crippen LogP contribution is -2.10. The van der Waals surface area contributed by atoms with Crippen LogP contribution in [0, 0.1) is 0 Å². The van der Waals surface area contributed by atoms with E-state index in [1.807, 2.05) is 58.8 Å². The number of thiophene rings is 1. The number of nitrogens with zero attached hydrogens (tertiary/aromatic N) is 2. The van der Waals surface area contributed by atoms with E-state index in [2.05, 4.69) is 4.98 Å². The van der Waals surface area contributed by atoms with Crippen LogP contribution in [0.3, 0.4) is 0 Å². The van der Waals surface area contributed by atoms with Crippen LogP contribution in [0.15, 0.2) is 59.1 Å². The molecular formula is C16H14N2OS2. The molecule has 1 aromatic carbocycles. The number of Topliss-reactive ketones (excluding diaryl/α,β-unsaturated/α-hetero) is 1. The van der Waals surface area contributed by atoms with E-state index in [-0.39, 0.29) is 5.78 Å². The molecule has 0 bridgehead atoms. The number of hydrogen-bond acceptors (Lipinski definition) is 4. The molecule has 0 aliphatic rings. The summed E-state index contributed by atoms with van der Waals surface area (Å²) in [6.45, 7) is 0.311. The molecule has 0 N–H and O–H groups in total. The van der Waals surface area contributed by atoms with Crippen LogP contribution in [0.1, 0.15) is 10.4 Å². The number of carbonyl (C=O) groups is 1. The summed E-state index contributed by atoms with van der Waals surface area (Å²) in [6.07, 6.45) is 5.61. The Balaban J connectivity index is 1.80. The van der Waals surface area contributed by atoms with Crippen LogP contribution in [0.5, 0.6) is 0 Å². The largest absolute Gasteiger partial charge is 0.323 e. The molecule has 0 fully saturated rings. The van der Waals surface area contributed by atoms with Crippen molar-refractivity contribution in [3.63, 3.8) is 0 Å². The summed E-state index contributed by atoms with van der Waals surface area (Å²) >= 11 is 3.30. The second kappa shape index (κ2) is 6.28. The third-order valence-electron chi connectivity index (χ3n) is 3.18. The van der Waals surface area contributed by atoms with Gasteiger partial charge < -0.3 is 4.57 Å². The summed E-state index contributed by atoms with van der Waals surface area (Å²) in [4.78, 5) is 19.0. The second-order valence-corrected chi connectivity index (χ2v) is 6.34. The van der Waals surface area contributed by atoms with Crippen LogP contribution in [-0.4, -0.2) is 21.6 Å². The van der Waals surface area contributed by atoms with Gasteiger partial charge in [0, 0.05) is 22.9 Å². The van der Waals surface area contributed by atoms with Crippen LogP contribution in [-0.2, 0) is 6.54 Å². The molecule has 0 amide bonds. The Bertz CT molecular complexity index is 730. The number of aromatic nitrogens is 2. The second-order valence-electron chi connectivity index (χ2n) is 4.51. The fourth-order valence-electron chi connectivity index (χ4n) is 2.09. The molecule has 3 aromatic rings. The fraction of sp³-hybridized carbons (Fsp3) is 0.125. The van der Waals surface area contributed by atoms with Gasteiger partial charge >= 0.3 is 0 Å². The Kier molecular flexibility index (Phi) is 4.22. The lowest BCUT2D eigenvalue weighted by atomic mass is 10.1. The standard InChI is InChI=1S/C16H14N2OS2/c1-20-13-6-4-12(5-7-13)14(19)11-18-9-8-17-16(18)15-3-2-10-21-15/h2-10H,11H2,1H3. The minimum Gasteiger partial charge on any atom is -0.323 e. The van der Waals surface area contributed by atoms with Crippen LogP contribution < -0.4 is 0 Å². The highest BCUT2D eigenvalue weighted by Gasteiger charge is 2.12. The molecule has 3 nitrogen and oxygen atoms in total. The van der Waals surface area contributed by atoms with Crippen molar-refractivity contribution in [2.24, 2.45) is 0 Å². The Hall–Kier alpha value is -1.85. The molecule has 3 rings (SSSR count). The quantitative estimate of drug-likeness (QED) is 0.522. The first-order valence-electron chi connectivity index (χ1n) is 6.50. The summed E-state index contributed by atoms with van der Waals surface area (Å²) in [5, 5.41) is 2.01. The van der Waals surface area contributed by atoms with Gasteiger partial charge in [0.25, 0.3) is 0 Å². The number of hydrogen-bond donors (Lipinski definition) is 0. The zero-order valence-corrected chi connectivity index (χ0v) is 13.2. The molecule has 2 aromatic heterocycles. The molecule has 0 saturated heterocycles. The van der Waals surface area contributed by atoms with Crippen molar-refractivity contribution in [1.29, 1.82) is 0 Å². The molecule has 0 aliphatic heterocycles. The lowest BCUT2D eigenvalue weighted by molar-refractivity contribution is 0.0972. The minimum atomic E-state index is 0.0958. The predicted molar refractivity (Wildman–Crippen MR) is 88.1 cm³/mol. The van der Waals surface area contributed by atoms with E-state index < -0.39 is 0 Å². The van der Waals surface area contributed by atoms with E-state index in [4.69, 9.17) is 0 Å². The van der Waals surface area contributed by atoms with Crippen molar-refractivity contribution in [3.05, 3.63) is 59.7 Å². The number of imidazole rings is 1. The highest BCUT2D eigenvalue weighted by molar-refractivity contribution is 7.98. The van der Waals surface area contributed by atoms with Crippen LogP contribution in [0.4, 0.5) is 0 Å². The molecular weight excluding hydrogens is 300 g/mol. The Morgan fingerprint density at radius 3 is 2.76 bits per heavy atom. The van der Waals surface area contributed by atoms with Gasteiger partial charge in [-0.25, -0.2) is 4.98 Å². The number of rotatable bonds is 5. The Labute approximate surface area is 131 Å². The van der Waals surface area contributed by atoms with Crippen molar-refractivity contribution in [3.8, 4) is 10.7 Å². The smallest absolute Gasteiger partial charge is 0.182 e. The van der Waals surface area contributed by atoms with Gasteiger partial charge in [0.15, 0.2) is 5.78 Å². The van der Waals surface area contributed by atoms with Crippen molar-refractivity contribution in [1.82, 2.24) is 9.55 Å². The third-order valence-corrected chi connectivity index (χ3v) is 4.79. The first-order chi connectivity index (χ1) is 10.3. The zero-order chi connectivity index (χ0) is 14.7. The monoisotopic (exact) mass is 314 g/mol. The number of benzene rings is 1. The summed E-state index contributed by atoms with van der Waals surface area (Å²) in [7, 11) is 0. The van der Waals surface area contributed by atoms with E-state index in [0.29, 0.717) is 6.54 Å². The van der Waals surface area contributed by atoms with Crippen LogP contribution >= 0.6 is 23.1 Å². The average Bonchev–Trinajstić information content (AvgIpc) is 3.18. The van der Waals surface area contributed by atoms with Crippen LogP contribution in [0.2, 0.25) is 0 Å². The van der Waals surface area contributed by atoms with Gasteiger partial charge in [0.05, 0.1) is 11.4 Å². The SMILES string of the molecule is CSc1ccc(C(=O)Cn2ccnc2-c2cccs2)cc1. The third kappa shape index (κ3) is 3.09. The van der Waals surface area contributed by atoms with E-state index >= 15 is 0 Å². The summed E-state index contributed by atoms with van der Waals surface area (Å²) in [5.74, 6) is 0.942. The maximum Gasteiger partial charge on any atom is 0.182 e. The molecule has 0 radical (unpaired) electrons. The topological polar surface area (TPSA) is 34.9 Å². The van der Waals surface area contributed by atoms with E-state index in [9.17, 15) is 4.79 Å². The molecule has 21 heavy (non-hydrogen) atoms. The maximum absolute atomic E-state index is 12.4. The molecule has 106 valence electrons. The highest BCUT2D eigenvalue weighted by atomic mass is 32.2. The van der Waals surface area contributed by atoms with E-state index in [1.54, 1.807) is 29.3 Å². The number of thioether (sulfide) groups is 1. The fourth-order valence-corrected chi connectivity index (χ4v) is 3.24. The van der Waals surface area contributed by atoms with Gasteiger partial charge in [0.1, 0.15) is 5.82 Å². The first-order valence-corrected chi connectivity index (χ1v) is 8.60. The summed E-state index contributed by atoms with van der Waals surface area (Å²) in [5.41, 5.74) is 0.735.